The zero-order valence-electron chi connectivity index (χ0n) is 10.5. The summed E-state index contributed by atoms with van der Waals surface area (Å²) in [6, 6.07) is 7.78. The Labute approximate surface area is 107 Å². The molecule has 2 rings (SSSR count). The minimum absolute atomic E-state index is 0.137. The van der Waals surface area contributed by atoms with Crippen molar-refractivity contribution in [1.82, 2.24) is 0 Å². The van der Waals surface area contributed by atoms with Crippen molar-refractivity contribution in [3.05, 3.63) is 29.8 Å². The SMILES string of the molecule is NC[C@@H](C(=O)O)c1ccc(N2CCCCC2)cc1. The van der Waals surface area contributed by atoms with Crippen LogP contribution < -0.4 is 10.6 Å². The standard InChI is InChI=1S/C14H20N2O2/c15-10-13(14(17)18)11-4-6-12(7-5-11)16-8-2-1-3-9-16/h4-7,13H,1-3,8-10,15H2,(H,17,18)/t13-/m1/s1. The summed E-state index contributed by atoms with van der Waals surface area (Å²) in [6.07, 6.45) is 3.79. The molecule has 4 heteroatoms. The summed E-state index contributed by atoms with van der Waals surface area (Å²) in [5.41, 5.74) is 7.46. The third kappa shape index (κ3) is 2.82. The number of carboxylic acids is 1. The number of rotatable bonds is 4. The van der Waals surface area contributed by atoms with E-state index in [2.05, 4.69) is 4.90 Å². The van der Waals surface area contributed by atoms with Gasteiger partial charge in [0.25, 0.3) is 0 Å². The summed E-state index contributed by atoms with van der Waals surface area (Å²) >= 11 is 0. The van der Waals surface area contributed by atoms with Crippen LogP contribution in [0.4, 0.5) is 5.69 Å². The molecule has 0 bridgehead atoms. The van der Waals surface area contributed by atoms with Crippen LogP contribution >= 0.6 is 0 Å². The molecule has 0 unspecified atom stereocenters. The van der Waals surface area contributed by atoms with Crippen molar-refractivity contribution >= 4 is 11.7 Å². The van der Waals surface area contributed by atoms with Crippen LogP contribution in [0.2, 0.25) is 0 Å². The maximum Gasteiger partial charge on any atom is 0.312 e. The summed E-state index contributed by atoms with van der Waals surface area (Å²) in [7, 11) is 0. The topological polar surface area (TPSA) is 66.6 Å². The number of benzene rings is 1. The van der Waals surface area contributed by atoms with Crippen LogP contribution in [0, 0.1) is 0 Å². The zero-order chi connectivity index (χ0) is 13.0. The van der Waals surface area contributed by atoms with Crippen molar-refractivity contribution in [2.45, 2.75) is 25.2 Å². The number of nitrogens with two attached hydrogens (primary N) is 1. The van der Waals surface area contributed by atoms with E-state index in [1.807, 2.05) is 24.3 Å². The first-order valence-electron chi connectivity index (χ1n) is 6.50. The monoisotopic (exact) mass is 248 g/mol. The molecule has 1 fully saturated rings. The first-order valence-corrected chi connectivity index (χ1v) is 6.50. The van der Waals surface area contributed by atoms with Crippen molar-refractivity contribution < 1.29 is 9.90 Å². The maximum atomic E-state index is 11.0. The highest BCUT2D eigenvalue weighted by Gasteiger charge is 2.18. The van der Waals surface area contributed by atoms with Gasteiger partial charge in [0.15, 0.2) is 0 Å². The van der Waals surface area contributed by atoms with Gasteiger partial charge in [0.2, 0.25) is 0 Å². The molecule has 1 saturated heterocycles. The summed E-state index contributed by atoms with van der Waals surface area (Å²) in [4.78, 5) is 13.4. The molecular weight excluding hydrogens is 228 g/mol. The van der Waals surface area contributed by atoms with Gasteiger partial charge in [0.1, 0.15) is 0 Å². The summed E-state index contributed by atoms with van der Waals surface area (Å²) in [5, 5.41) is 9.05. The number of carboxylic acid groups (broad SMARTS) is 1. The van der Waals surface area contributed by atoms with Gasteiger partial charge >= 0.3 is 5.97 Å². The minimum Gasteiger partial charge on any atom is -0.481 e. The molecule has 0 radical (unpaired) electrons. The normalized spacial score (nSPS) is 17.5. The van der Waals surface area contributed by atoms with E-state index in [-0.39, 0.29) is 6.54 Å². The lowest BCUT2D eigenvalue weighted by molar-refractivity contribution is -0.138. The lowest BCUT2D eigenvalue weighted by atomic mass is 9.99. The average molecular weight is 248 g/mol. The van der Waals surface area contributed by atoms with Gasteiger partial charge in [-0.1, -0.05) is 12.1 Å². The van der Waals surface area contributed by atoms with Gasteiger partial charge in [0, 0.05) is 25.3 Å². The third-order valence-corrected chi connectivity index (χ3v) is 3.55. The highest BCUT2D eigenvalue weighted by atomic mass is 16.4. The van der Waals surface area contributed by atoms with Gasteiger partial charge in [-0.05, 0) is 37.0 Å². The molecule has 98 valence electrons. The minimum atomic E-state index is -0.858. The molecule has 1 aliphatic heterocycles. The first-order chi connectivity index (χ1) is 8.72. The van der Waals surface area contributed by atoms with Crippen molar-refractivity contribution in [2.75, 3.05) is 24.5 Å². The number of anilines is 1. The Bertz CT molecular complexity index is 397. The third-order valence-electron chi connectivity index (χ3n) is 3.55. The lowest BCUT2D eigenvalue weighted by Crippen LogP contribution is -2.29. The van der Waals surface area contributed by atoms with Gasteiger partial charge in [-0.15, -0.1) is 0 Å². The molecule has 4 nitrogen and oxygen atoms in total. The highest BCUT2D eigenvalue weighted by molar-refractivity contribution is 5.76. The van der Waals surface area contributed by atoms with Crippen LogP contribution in [0.1, 0.15) is 30.7 Å². The Hall–Kier alpha value is -1.55. The van der Waals surface area contributed by atoms with Crippen LogP contribution in [-0.2, 0) is 4.79 Å². The van der Waals surface area contributed by atoms with E-state index in [9.17, 15) is 4.79 Å². The Balaban J connectivity index is 2.11. The van der Waals surface area contributed by atoms with E-state index < -0.39 is 11.9 Å². The second kappa shape index (κ2) is 5.87. The molecule has 0 saturated carbocycles. The smallest absolute Gasteiger partial charge is 0.312 e. The molecule has 18 heavy (non-hydrogen) atoms. The van der Waals surface area contributed by atoms with Gasteiger partial charge in [-0.3, -0.25) is 4.79 Å². The van der Waals surface area contributed by atoms with Crippen molar-refractivity contribution in [1.29, 1.82) is 0 Å². The van der Waals surface area contributed by atoms with E-state index in [1.54, 1.807) is 0 Å². The molecule has 0 aliphatic carbocycles. The summed E-state index contributed by atoms with van der Waals surface area (Å²) in [5.74, 6) is -1.45. The molecular formula is C14H20N2O2. The van der Waals surface area contributed by atoms with Crippen LogP contribution in [0.5, 0.6) is 0 Å². The Morgan fingerprint density at radius 2 is 1.83 bits per heavy atom. The van der Waals surface area contributed by atoms with Crippen molar-refractivity contribution in [2.24, 2.45) is 5.73 Å². The molecule has 1 heterocycles. The molecule has 0 spiro atoms. The van der Waals surface area contributed by atoms with Gasteiger partial charge < -0.3 is 15.7 Å². The number of aliphatic carboxylic acids is 1. The van der Waals surface area contributed by atoms with E-state index in [0.29, 0.717) is 0 Å². The summed E-state index contributed by atoms with van der Waals surface area (Å²) in [6.45, 7) is 2.33. The fourth-order valence-electron chi connectivity index (χ4n) is 2.45. The van der Waals surface area contributed by atoms with Gasteiger partial charge in [-0.2, -0.15) is 0 Å². The number of nitrogens with zero attached hydrogens (tertiary/aromatic N) is 1. The Kier molecular flexibility index (Phi) is 4.20. The molecule has 1 aromatic carbocycles. The fourth-order valence-corrected chi connectivity index (χ4v) is 2.45. The van der Waals surface area contributed by atoms with Crippen LogP contribution in [0.3, 0.4) is 0 Å². The largest absolute Gasteiger partial charge is 0.481 e. The van der Waals surface area contributed by atoms with Crippen LogP contribution in [0.15, 0.2) is 24.3 Å². The predicted octanol–water partition coefficient (Wildman–Crippen LogP) is 1.80. The molecule has 0 aromatic heterocycles. The van der Waals surface area contributed by atoms with Crippen LogP contribution in [-0.4, -0.2) is 30.7 Å². The Morgan fingerprint density at radius 1 is 1.22 bits per heavy atom. The highest BCUT2D eigenvalue weighted by Crippen LogP contribution is 2.23. The second-order valence-electron chi connectivity index (χ2n) is 4.77. The fraction of sp³-hybridized carbons (Fsp3) is 0.500. The number of hydrogen-bond acceptors (Lipinski definition) is 3. The van der Waals surface area contributed by atoms with Crippen molar-refractivity contribution in [3.63, 3.8) is 0 Å². The molecule has 0 amide bonds. The summed E-state index contributed by atoms with van der Waals surface area (Å²) < 4.78 is 0. The predicted molar refractivity (Wildman–Crippen MR) is 71.9 cm³/mol. The molecule has 1 aliphatic rings. The van der Waals surface area contributed by atoms with Crippen LogP contribution in [0.25, 0.3) is 0 Å². The van der Waals surface area contributed by atoms with E-state index >= 15 is 0 Å². The molecule has 3 N–H and O–H groups in total. The van der Waals surface area contributed by atoms with Gasteiger partial charge in [0.05, 0.1) is 5.92 Å². The number of hydrogen-bond donors (Lipinski definition) is 2. The average Bonchev–Trinajstić information content (AvgIpc) is 2.41. The molecule has 1 aromatic rings. The lowest BCUT2D eigenvalue weighted by Gasteiger charge is -2.29. The van der Waals surface area contributed by atoms with E-state index in [1.165, 1.54) is 24.9 Å². The van der Waals surface area contributed by atoms with E-state index in [4.69, 9.17) is 10.8 Å². The first kappa shape index (κ1) is 12.9. The second-order valence-corrected chi connectivity index (χ2v) is 4.77. The van der Waals surface area contributed by atoms with Gasteiger partial charge in [-0.25, -0.2) is 0 Å². The Morgan fingerprint density at radius 3 is 2.33 bits per heavy atom. The van der Waals surface area contributed by atoms with Crippen molar-refractivity contribution in [3.8, 4) is 0 Å². The maximum absolute atomic E-state index is 11.0. The van der Waals surface area contributed by atoms with E-state index in [0.717, 1.165) is 18.7 Å². The quantitative estimate of drug-likeness (QED) is 0.852. The number of carbonyl (C=O) groups is 1. The number of piperidine rings is 1. The zero-order valence-corrected chi connectivity index (χ0v) is 10.5. The molecule has 1 atom stereocenters.